The number of epoxide rings is 1. The molecule has 4 heteroatoms. The van der Waals surface area contributed by atoms with Gasteiger partial charge >= 0.3 is 5.97 Å². The second-order valence-corrected chi connectivity index (χ2v) is 3.29. The van der Waals surface area contributed by atoms with Crippen molar-refractivity contribution in [3.8, 4) is 0 Å². The van der Waals surface area contributed by atoms with Gasteiger partial charge in [0.1, 0.15) is 0 Å². The van der Waals surface area contributed by atoms with E-state index >= 15 is 0 Å². The number of ether oxygens (including phenoxy) is 2. The van der Waals surface area contributed by atoms with E-state index in [0.717, 1.165) is 0 Å². The van der Waals surface area contributed by atoms with Crippen molar-refractivity contribution in [2.24, 2.45) is 5.92 Å². The van der Waals surface area contributed by atoms with Crippen molar-refractivity contribution in [2.75, 3.05) is 6.61 Å². The van der Waals surface area contributed by atoms with Gasteiger partial charge in [0.2, 0.25) is 0 Å². The highest BCUT2D eigenvalue weighted by molar-refractivity contribution is 5.94. The Morgan fingerprint density at radius 3 is 2.46 bits per heavy atom. The van der Waals surface area contributed by atoms with E-state index in [1.807, 2.05) is 0 Å². The summed E-state index contributed by atoms with van der Waals surface area (Å²) >= 11 is 0. The first kappa shape index (κ1) is 10.2. The van der Waals surface area contributed by atoms with Gasteiger partial charge in [0.05, 0.1) is 6.61 Å². The predicted octanol–water partition coefficient (Wildman–Crippen LogP) is 0.542. The summed E-state index contributed by atoms with van der Waals surface area (Å²) in [4.78, 5) is 22.3. The monoisotopic (exact) mass is 186 g/mol. The van der Waals surface area contributed by atoms with Crippen LogP contribution in [0.2, 0.25) is 0 Å². The first-order valence-electron chi connectivity index (χ1n) is 4.43. The van der Waals surface area contributed by atoms with Gasteiger partial charge in [-0.1, -0.05) is 13.8 Å². The van der Waals surface area contributed by atoms with E-state index in [-0.39, 0.29) is 11.7 Å². The Bertz CT molecular complexity index is 222. The number of rotatable bonds is 4. The molecule has 1 fully saturated rings. The molecule has 1 heterocycles. The normalized spacial score (nSPS) is 25.8. The van der Waals surface area contributed by atoms with Crippen molar-refractivity contribution < 1.29 is 19.1 Å². The van der Waals surface area contributed by atoms with Gasteiger partial charge in [-0.25, -0.2) is 4.79 Å². The summed E-state index contributed by atoms with van der Waals surface area (Å²) in [5.41, 5.74) is 0. The summed E-state index contributed by atoms with van der Waals surface area (Å²) in [6, 6.07) is 0. The van der Waals surface area contributed by atoms with E-state index < -0.39 is 18.2 Å². The van der Waals surface area contributed by atoms with Crippen LogP contribution in [0.15, 0.2) is 0 Å². The lowest BCUT2D eigenvalue weighted by molar-refractivity contribution is -0.144. The van der Waals surface area contributed by atoms with Gasteiger partial charge in [0.25, 0.3) is 0 Å². The lowest BCUT2D eigenvalue weighted by atomic mass is 10.0. The molecule has 74 valence electrons. The lowest BCUT2D eigenvalue weighted by Crippen LogP contribution is -2.21. The molecule has 1 rings (SSSR count). The predicted molar refractivity (Wildman–Crippen MR) is 45.1 cm³/mol. The molecule has 4 nitrogen and oxygen atoms in total. The number of ketones is 1. The number of esters is 1. The molecule has 0 bridgehead atoms. The van der Waals surface area contributed by atoms with Gasteiger partial charge in [-0.15, -0.1) is 0 Å². The Labute approximate surface area is 77.2 Å². The van der Waals surface area contributed by atoms with Crippen molar-refractivity contribution in [1.29, 1.82) is 0 Å². The standard InChI is InChI=1S/C9H14O4/c1-4-12-9(11)8-7(13-8)6(10)5(2)3/h5,7-8H,4H2,1-3H3. The van der Waals surface area contributed by atoms with E-state index in [9.17, 15) is 9.59 Å². The molecule has 0 amide bonds. The first-order valence-corrected chi connectivity index (χ1v) is 4.43. The highest BCUT2D eigenvalue weighted by Gasteiger charge is 2.51. The molecule has 0 aromatic carbocycles. The van der Waals surface area contributed by atoms with Gasteiger partial charge in [0, 0.05) is 5.92 Å². The Morgan fingerprint density at radius 2 is 2.00 bits per heavy atom. The fourth-order valence-corrected chi connectivity index (χ4v) is 1.06. The molecule has 0 radical (unpaired) electrons. The third-order valence-corrected chi connectivity index (χ3v) is 1.86. The largest absolute Gasteiger partial charge is 0.464 e. The summed E-state index contributed by atoms with van der Waals surface area (Å²) in [6.07, 6.45) is -1.20. The van der Waals surface area contributed by atoms with Gasteiger partial charge in [-0.05, 0) is 6.92 Å². The Kier molecular flexibility index (Phi) is 3.03. The van der Waals surface area contributed by atoms with E-state index in [1.165, 1.54) is 0 Å². The average molecular weight is 186 g/mol. The minimum atomic E-state index is -0.644. The highest BCUT2D eigenvalue weighted by Crippen LogP contribution is 2.26. The molecule has 1 saturated heterocycles. The van der Waals surface area contributed by atoms with Crippen LogP contribution >= 0.6 is 0 Å². The first-order chi connectivity index (χ1) is 6.07. The molecule has 1 aliphatic rings. The number of hydrogen-bond donors (Lipinski definition) is 0. The Balaban J connectivity index is 2.37. The van der Waals surface area contributed by atoms with Crippen molar-refractivity contribution in [1.82, 2.24) is 0 Å². The van der Waals surface area contributed by atoms with Gasteiger partial charge < -0.3 is 9.47 Å². The molecule has 0 aromatic rings. The third kappa shape index (κ3) is 2.28. The van der Waals surface area contributed by atoms with Crippen LogP contribution in [0.4, 0.5) is 0 Å². The maximum absolute atomic E-state index is 11.3. The molecule has 13 heavy (non-hydrogen) atoms. The van der Waals surface area contributed by atoms with Gasteiger partial charge in [-0.2, -0.15) is 0 Å². The second-order valence-electron chi connectivity index (χ2n) is 3.29. The van der Waals surface area contributed by atoms with Crippen molar-refractivity contribution in [2.45, 2.75) is 33.0 Å². The van der Waals surface area contributed by atoms with Crippen LogP contribution in [0.5, 0.6) is 0 Å². The van der Waals surface area contributed by atoms with Crippen LogP contribution in [-0.2, 0) is 19.1 Å². The van der Waals surface area contributed by atoms with E-state index in [0.29, 0.717) is 6.61 Å². The van der Waals surface area contributed by atoms with Crippen LogP contribution in [0, 0.1) is 5.92 Å². The fraction of sp³-hybridized carbons (Fsp3) is 0.778. The van der Waals surface area contributed by atoms with Gasteiger partial charge in [-0.3, -0.25) is 4.79 Å². The number of carbonyl (C=O) groups is 2. The zero-order chi connectivity index (χ0) is 10.0. The minimum Gasteiger partial charge on any atom is -0.464 e. The lowest BCUT2D eigenvalue weighted by Gasteiger charge is -1.99. The number of hydrogen-bond acceptors (Lipinski definition) is 4. The molecule has 0 aromatic heterocycles. The van der Waals surface area contributed by atoms with Crippen molar-refractivity contribution in [3.63, 3.8) is 0 Å². The van der Waals surface area contributed by atoms with Crippen LogP contribution in [0.25, 0.3) is 0 Å². The van der Waals surface area contributed by atoms with Crippen LogP contribution < -0.4 is 0 Å². The molecule has 0 aliphatic carbocycles. The molecule has 0 spiro atoms. The van der Waals surface area contributed by atoms with Crippen LogP contribution in [0.1, 0.15) is 20.8 Å². The fourth-order valence-electron chi connectivity index (χ4n) is 1.06. The summed E-state index contributed by atoms with van der Waals surface area (Å²) < 4.78 is 9.64. The van der Waals surface area contributed by atoms with E-state index in [4.69, 9.17) is 9.47 Å². The van der Waals surface area contributed by atoms with Crippen molar-refractivity contribution >= 4 is 11.8 Å². The number of Topliss-reactive ketones (excluding diaryl/α,β-unsaturated/α-hetero) is 1. The van der Waals surface area contributed by atoms with Crippen LogP contribution in [0.3, 0.4) is 0 Å². The van der Waals surface area contributed by atoms with Crippen molar-refractivity contribution in [3.05, 3.63) is 0 Å². The SMILES string of the molecule is CCOC(=O)C1OC1C(=O)C(C)C. The smallest absolute Gasteiger partial charge is 0.338 e. The molecule has 0 N–H and O–H groups in total. The molecule has 1 aliphatic heterocycles. The van der Waals surface area contributed by atoms with Gasteiger partial charge in [0.15, 0.2) is 18.0 Å². The summed E-state index contributed by atoms with van der Waals surface area (Å²) in [5, 5.41) is 0. The summed E-state index contributed by atoms with van der Waals surface area (Å²) in [7, 11) is 0. The third-order valence-electron chi connectivity index (χ3n) is 1.86. The van der Waals surface area contributed by atoms with E-state index in [1.54, 1.807) is 20.8 Å². The number of carbonyl (C=O) groups excluding carboxylic acids is 2. The Morgan fingerprint density at radius 1 is 1.38 bits per heavy atom. The maximum Gasteiger partial charge on any atom is 0.338 e. The quantitative estimate of drug-likeness (QED) is 0.475. The second kappa shape index (κ2) is 3.87. The minimum absolute atomic E-state index is 0.0296. The zero-order valence-corrected chi connectivity index (χ0v) is 8.07. The summed E-state index contributed by atoms with van der Waals surface area (Å²) in [6.45, 7) is 5.61. The molecular formula is C9H14O4. The van der Waals surface area contributed by atoms with Crippen LogP contribution in [-0.4, -0.2) is 30.6 Å². The highest BCUT2D eigenvalue weighted by atomic mass is 16.6. The zero-order valence-electron chi connectivity index (χ0n) is 8.07. The maximum atomic E-state index is 11.3. The molecule has 2 unspecified atom stereocenters. The van der Waals surface area contributed by atoms with E-state index in [2.05, 4.69) is 0 Å². The summed E-state index contributed by atoms with van der Waals surface area (Å²) in [5.74, 6) is -0.552. The molecule has 0 saturated carbocycles. The Hall–Kier alpha value is -0.900. The topological polar surface area (TPSA) is 55.9 Å². The molecular weight excluding hydrogens is 172 g/mol. The average Bonchev–Trinajstić information content (AvgIpc) is 2.82. The molecule has 2 atom stereocenters.